The smallest absolute Gasteiger partial charge is 0.358 e. The number of benzene rings is 1. The summed E-state index contributed by atoms with van der Waals surface area (Å²) >= 11 is 1.08. The highest BCUT2D eigenvalue weighted by Crippen LogP contribution is 2.57. The van der Waals surface area contributed by atoms with E-state index in [-0.39, 0.29) is 11.3 Å². The standard InChI is InChI=1S/C28H33IN2O4S/c1-5-35-26(32)25-20(3)36-24(30-25)18-31(15-7-10-21-9-6-8-19(2)16-21)27(33)28(13-14-28)23-12-11-22(34-4)17-29-23/h6,8-9,11-12,16-17H,5,7,10,13-15,18H2,1-4H3. The van der Waals surface area contributed by atoms with Crippen molar-refractivity contribution in [1.29, 1.82) is 0 Å². The summed E-state index contributed by atoms with van der Waals surface area (Å²) < 4.78 is 13.9. The molecule has 0 saturated heterocycles. The van der Waals surface area contributed by atoms with E-state index in [0.29, 0.717) is 25.4 Å². The summed E-state index contributed by atoms with van der Waals surface area (Å²) in [5.41, 5.74) is 2.50. The number of nitrogens with zero attached hydrogens (tertiary/aromatic N) is 2. The highest BCUT2D eigenvalue weighted by atomic mass is 127. The lowest BCUT2D eigenvalue weighted by atomic mass is 10.0. The molecule has 36 heavy (non-hydrogen) atoms. The van der Waals surface area contributed by atoms with Crippen molar-refractivity contribution in [2.75, 3.05) is 20.3 Å². The van der Waals surface area contributed by atoms with Gasteiger partial charge in [-0.2, -0.15) is 0 Å². The molecule has 0 atom stereocenters. The van der Waals surface area contributed by atoms with Gasteiger partial charge in [-0.15, -0.1) is 11.3 Å². The molecule has 0 bridgehead atoms. The monoisotopic (exact) mass is 620 g/mol. The summed E-state index contributed by atoms with van der Waals surface area (Å²) in [6, 6.07) is 8.53. The number of halogens is 1. The maximum Gasteiger partial charge on any atom is 0.358 e. The van der Waals surface area contributed by atoms with Crippen LogP contribution in [0.15, 0.2) is 45.8 Å². The molecule has 1 fully saturated rings. The third-order valence-corrected chi connectivity index (χ3v) is 10.4. The fourth-order valence-corrected chi connectivity index (χ4v) is 8.16. The first-order valence-electron chi connectivity index (χ1n) is 12.3. The first-order chi connectivity index (χ1) is 17.4. The summed E-state index contributed by atoms with van der Waals surface area (Å²) in [5.74, 6) is 0.669. The van der Waals surface area contributed by atoms with Gasteiger partial charge in [-0.25, -0.2) is 9.78 Å². The average molecular weight is 621 g/mol. The van der Waals surface area contributed by atoms with Gasteiger partial charge in [0.15, 0.2) is 5.69 Å². The number of hydrogen-bond acceptors (Lipinski definition) is 6. The maximum atomic E-state index is 14.0. The van der Waals surface area contributed by atoms with Crippen molar-refractivity contribution in [3.05, 3.63) is 72.5 Å². The van der Waals surface area contributed by atoms with Crippen LogP contribution in [0, 0.1) is 19.3 Å². The van der Waals surface area contributed by atoms with E-state index in [1.807, 2.05) is 17.9 Å². The Hall–Kier alpha value is -2.33. The van der Waals surface area contributed by atoms with E-state index in [4.69, 9.17) is 9.47 Å². The van der Waals surface area contributed by atoms with E-state index in [0.717, 1.165) is 41.3 Å². The van der Waals surface area contributed by atoms with Gasteiger partial charge in [-0.1, -0.05) is 50.6 Å². The zero-order valence-corrected chi connectivity index (χ0v) is 24.3. The minimum absolute atomic E-state index is 0.186. The molecule has 6 nitrogen and oxygen atoms in total. The van der Waals surface area contributed by atoms with E-state index >= 15 is 0 Å². The van der Waals surface area contributed by atoms with Gasteiger partial charge >= 0.3 is 5.97 Å². The minimum atomic E-state index is -0.401. The van der Waals surface area contributed by atoms with E-state index < -0.39 is 26.7 Å². The second-order valence-corrected chi connectivity index (χ2v) is 12.8. The Bertz CT molecular complexity index is 1230. The highest BCUT2D eigenvalue weighted by Gasteiger charge is 2.54. The van der Waals surface area contributed by atoms with Crippen LogP contribution in [0.1, 0.15) is 57.7 Å². The maximum absolute atomic E-state index is 14.0. The topological polar surface area (TPSA) is 68.7 Å². The molecule has 1 aromatic carbocycles. The SMILES string of the molecule is CCOC(=O)c1nc(CN(CCCc2cccc(C)c2)C(=O)C2(C3=CC=C(OC)C=I3)CC2)sc1C. The third-order valence-electron chi connectivity index (χ3n) is 6.42. The predicted octanol–water partition coefficient (Wildman–Crippen LogP) is 5.88. The summed E-state index contributed by atoms with van der Waals surface area (Å²) in [5, 5.41) is 0.774. The molecule has 0 unspecified atom stereocenters. The lowest BCUT2D eigenvalue weighted by Gasteiger charge is -2.28. The van der Waals surface area contributed by atoms with Crippen molar-refractivity contribution >= 4 is 48.0 Å². The molecule has 2 heterocycles. The minimum Gasteiger partial charge on any atom is -0.496 e. The van der Waals surface area contributed by atoms with Gasteiger partial charge in [0.1, 0.15) is 10.8 Å². The van der Waals surface area contributed by atoms with Crippen LogP contribution in [0.2, 0.25) is 0 Å². The molecule has 4 rings (SSSR count). The third kappa shape index (κ3) is 6.14. The highest BCUT2D eigenvalue weighted by molar-refractivity contribution is 14.2. The van der Waals surface area contributed by atoms with Crippen LogP contribution in [0.25, 0.3) is 0 Å². The van der Waals surface area contributed by atoms with Crippen LogP contribution in [-0.2, 0) is 27.2 Å². The van der Waals surface area contributed by atoms with Gasteiger partial charge in [0, 0.05) is 19.0 Å². The molecule has 8 heteroatoms. The van der Waals surface area contributed by atoms with Crippen LogP contribution < -0.4 is 0 Å². The first kappa shape index (κ1) is 26.7. The Morgan fingerprint density at radius 1 is 1.22 bits per heavy atom. The number of allylic oxidation sites excluding steroid dienone is 3. The first-order valence-corrected chi connectivity index (χ1v) is 15.4. The van der Waals surface area contributed by atoms with E-state index in [1.54, 1.807) is 14.0 Å². The van der Waals surface area contributed by atoms with Gasteiger partial charge in [-0.3, -0.25) is 4.79 Å². The van der Waals surface area contributed by atoms with Gasteiger partial charge in [0.25, 0.3) is 0 Å². The molecule has 1 amide bonds. The number of thiazole rings is 1. The molecule has 0 spiro atoms. The summed E-state index contributed by atoms with van der Waals surface area (Å²) in [6.07, 6.45) is 7.64. The Morgan fingerprint density at radius 3 is 2.67 bits per heavy atom. The van der Waals surface area contributed by atoms with Crippen molar-refractivity contribution in [2.24, 2.45) is 5.41 Å². The fraction of sp³-hybridized carbons (Fsp3) is 0.429. The van der Waals surface area contributed by atoms with Crippen molar-refractivity contribution in [3.8, 4) is 0 Å². The zero-order chi connectivity index (χ0) is 25.7. The largest absolute Gasteiger partial charge is 0.496 e. The Kier molecular flexibility index (Phi) is 8.77. The molecule has 1 aromatic heterocycles. The normalized spacial score (nSPS) is 15.9. The number of aryl methyl sites for hydroxylation is 3. The zero-order valence-electron chi connectivity index (χ0n) is 21.3. The molecule has 0 N–H and O–H groups in total. The van der Waals surface area contributed by atoms with Crippen molar-refractivity contribution in [2.45, 2.75) is 53.0 Å². The van der Waals surface area contributed by atoms with Gasteiger partial charge < -0.3 is 14.4 Å². The summed E-state index contributed by atoms with van der Waals surface area (Å²) in [6.45, 7) is 7.14. The number of carbonyl (C=O) groups excluding carboxylic acids is 2. The molecule has 2 aromatic rings. The molecule has 2 aliphatic rings. The van der Waals surface area contributed by atoms with Crippen LogP contribution in [-0.4, -0.2) is 46.0 Å². The second-order valence-electron chi connectivity index (χ2n) is 9.14. The van der Waals surface area contributed by atoms with Gasteiger partial charge in [-0.05, 0) is 64.2 Å². The number of hydrogen-bond donors (Lipinski definition) is 0. The van der Waals surface area contributed by atoms with Gasteiger partial charge in [0.2, 0.25) is 5.91 Å². The summed E-state index contributed by atoms with van der Waals surface area (Å²) in [4.78, 5) is 33.7. The number of ether oxygens (including phenoxy) is 2. The van der Waals surface area contributed by atoms with Crippen LogP contribution >= 0.6 is 32.1 Å². The van der Waals surface area contributed by atoms with Crippen molar-refractivity contribution in [1.82, 2.24) is 9.88 Å². The molecule has 192 valence electrons. The number of aromatic nitrogens is 1. The van der Waals surface area contributed by atoms with Gasteiger partial charge in [0.05, 0.1) is 25.7 Å². The lowest BCUT2D eigenvalue weighted by Crippen LogP contribution is -2.38. The predicted molar refractivity (Wildman–Crippen MR) is 153 cm³/mol. The number of amides is 1. The quantitative estimate of drug-likeness (QED) is 0.232. The number of rotatable bonds is 11. The van der Waals surface area contributed by atoms with Crippen LogP contribution in [0.4, 0.5) is 0 Å². The van der Waals surface area contributed by atoms with Crippen LogP contribution in [0.5, 0.6) is 0 Å². The Morgan fingerprint density at radius 2 is 2.03 bits per heavy atom. The van der Waals surface area contributed by atoms with E-state index in [1.165, 1.54) is 26.0 Å². The molecule has 0 radical (unpaired) electrons. The second kappa shape index (κ2) is 11.8. The van der Waals surface area contributed by atoms with Crippen molar-refractivity contribution < 1.29 is 19.1 Å². The molecule has 1 aliphatic carbocycles. The molecular weight excluding hydrogens is 587 g/mol. The summed E-state index contributed by atoms with van der Waals surface area (Å²) in [7, 11) is 1.68. The molecular formula is C28H33IN2O4S. The Labute approximate surface area is 227 Å². The Balaban J connectivity index is 1.54. The number of methoxy groups -OCH3 is 1. The molecule has 1 saturated carbocycles. The number of carbonyl (C=O) groups is 2. The number of esters is 1. The molecule has 1 aliphatic heterocycles. The fourth-order valence-electron chi connectivity index (χ4n) is 4.36. The van der Waals surface area contributed by atoms with Crippen LogP contribution in [0.3, 0.4) is 0 Å². The van der Waals surface area contributed by atoms with Crippen molar-refractivity contribution in [3.63, 3.8) is 0 Å². The van der Waals surface area contributed by atoms with E-state index in [2.05, 4.69) is 46.3 Å². The van der Waals surface area contributed by atoms with E-state index in [9.17, 15) is 9.59 Å². The average Bonchev–Trinajstić information content (AvgIpc) is 3.60. The lowest BCUT2D eigenvalue weighted by molar-refractivity contribution is -0.136.